The third-order valence-electron chi connectivity index (χ3n) is 3.80. The van der Waals surface area contributed by atoms with Crippen LogP contribution in [0, 0.1) is 0 Å². The van der Waals surface area contributed by atoms with Crippen LogP contribution in [-0.2, 0) is 13.0 Å². The summed E-state index contributed by atoms with van der Waals surface area (Å²) < 4.78 is 5.79. The minimum Gasteiger partial charge on any atom is -0.489 e. The molecule has 0 spiro atoms. The summed E-state index contributed by atoms with van der Waals surface area (Å²) in [4.78, 5) is 0. The van der Waals surface area contributed by atoms with Crippen LogP contribution in [0.4, 0.5) is 0 Å². The van der Waals surface area contributed by atoms with E-state index >= 15 is 0 Å². The van der Waals surface area contributed by atoms with Gasteiger partial charge in [0.15, 0.2) is 0 Å². The van der Waals surface area contributed by atoms with Crippen molar-refractivity contribution in [3.8, 4) is 5.75 Å². The Morgan fingerprint density at radius 3 is 2.86 bits per heavy atom. The zero-order valence-corrected chi connectivity index (χ0v) is 13.0. The van der Waals surface area contributed by atoms with E-state index < -0.39 is 0 Å². The lowest BCUT2D eigenvalue weighted by Gasteiger charge is -2.22. The normalized spacial score (nSPS) is 17.4. The summed E-state index contributed by atoms with van der Waals surface area (Å²) in [5.41, 5.74) is 3.04. The Morgan fingerprint density at radius 1 is 1.14 bits per heavy atom. The quantitative estimate of drug-likeness (QED) is 0.867. The van der Waals surface area contributed by atoms with Crippen LogP contribution < -0.4 is 4.74 Å². The van der Waals surface area contributed by atoms with E-state index in [1.165, 1.54) is 5.56 Å². The molecule has 0 aliphatic heterocycles. The second kappa shape index (κ2) is 6.27. The molecule has 1 N–H and O–H groups in total. The maximum Gasteiger partial charge on any atom is 0.120 e. The number of halogens is 2. The number of aryl methyl sites for hydroxylation is 1. The van der Waals surface area contributed by atoms with Gasteiger partial charge in [0.2, 0.25) is 0 Å². The van der Waals surface area contributed by atoms with Gasteiger partial charge in [0, 0.05) is 15.6 Å². The number of aliphatic hydroxyl groups is 1. The van der Waals surface area contributed by atoms with Crippen LogP contribution in [0.3, 0.4) is 0 Å². The molecule has 0 aromatic heterocycles. The maximum atomic E-state index is 10.1. The van der Waals surface area contributed by atoms with Gasteiger partial charge in [0.05, 0.1) is 6.10 Å². The highest BCUT2D eigenvalue weighted by Crippen LogP contribution is 2.32. The fourth-order valence-electron chi connectivity index (χ4n) is 2.66. The van der Waals surface area contributed by atoms with Crippen LogP contribution in [0.25, 0.3) is 0 Å². The predicted molar refractivity (Wildman–Crippen MR) is 85.1 cm³/mol. The van der Waals surface area contributed by atoms with Crippen molar-refractivity contribution in [3.63, 3.8) is 0 Å². The molecule has 1 aliphatic carbocycles. The number of hydrogen-bond acceptors (Lipinski definition) is 2. The first kappa shape index (κ1) is 14.7. The van der Waals surface area contributed by atoms with Gasteiger partial charge >= 0.3 is 0 Å². The van der Waals surface area contributed by atoms with Crippen molar-refractivity contribution in [1.29, 1.82) is 0 Å². The Hall–Kier alpha value is -1.22. The van der Waals surface area contributed by atoms with Crippen LogP contribution in [0.15, 0.2) is 36.4 Å². The largest absolute Gasteiger partial charge is 0.489 e. The molecule has 1 atom stereocenters. The molecule has 110 valence electrons. The lowest BCUT2D eigenvalue weighted by Crippen LogP contribution is -2.09. The molecule has 1 aliphatic rings. The molecule has 0 heterocycles. The monoisotopic (exact) mass is 322 g/mol. The van der Waals surface area contributed by atoms with Gasteiger partial charge in [-0.15, -0.1) is 0 Å². The summed E-state index contributed by atoms with van der Waals surface area (Å²) in [5.74, 6) is 0.741. The zero-order valence-electron chi connectivity index (χ0n) is 11.5. The van der Waals surface area contributed by atoms with E-state index in [0.717, 1.165) is 36.1 Å². The van der Waals surface area contributed by atoms with Crippen LogP contribution >= 0.6 is 23.2 Å². The molecule has 2 nitrogen and oxygen atoms in total. The molecule has 2 aromatic carbocycles. The standard InChI is InChI=1S/C17H16Cl2O2/c18-13-5-7-16(19)12(8-13)10-21-14-6-4-11-2-1-3-17(20)15(11)9-14/h4-9,17,20H,1-3,10H2/t17-/m0/s1. The highest BCUT2D eigenvalue weighted by Gasteiger charge is 2.18. The Bertz CT molecular complexity index is 655. The second-order valence-corrected chi connectivity index (χ2v) is 6.14. The van der Waals surface area contributed by atoms with Crippen LogP contribution in [0.1, 0.15) is 35.6 Å². The number of fused-ring (bicyclic) bond motifs is 1. The van der Waals surface area contributed by atoms with E-state index in [9.17, 15) is 5.11 Å². The van der Waals surface area contributed by atoms with Crippen molar-refractivity contribution < 1.29 is 9.84 Å². The van der Waals surface area contributed by atoms with E-state index in [2.05, 4.69) is 0 Å². The van der Waals surface area contributed by atoms with E-state index in [-0.39, 0.29) is 6.10 Å². The van der Waals surface area contributed by atoms with E-state index in [1.807, 2.05) is 18.2 Å². The van der Waals surface area contributed by atoms with Crippen molar-refractivity contribution >= 4 is 23.2 Å². The Balaban J connectivity index is 1.76. The Kier molecular flexibility index (Phi) is 4.39. The van der Waals surface area contributed by atoms with Crippen molar-refractivity contribution in [1.82, 2.24) is 0 Å². The molecular formula is C17H16Cl2O2. The minimum atomic E-state index is -0.382. The lowest BCUT2D eigenvalue weighted by molar-refractivity contribution is 0.156. The smallest absolute Gasteiger partial charge is 0.120 e. The predicted octanol–water partition coefficient (Wildman–Crippen LogP) is 4.94. The van der Waals surface area contributed by atoms with Crippen molar-refractivity contribution in [3.05, 3.63) is 63.1 Å². The van der Waals surface area contributed by atoms with Gasteiger partial charge in [-0.2, -0.15) is 0 Å². The van der Waals surface area contributed by atoms with Gasteiger partial charge in [0.1, 0.15) is 12.4 Å². The van der Waals surface area contributed by atoms with Crippen LogP contribution in [-0.4, -0.2) is 5.11 Å². The van der Waals surface area contributed by atoms with Crippen molar-refractivity contribution in [2.75, 3.05) is 0 Å². The number of hydrogen-bond donors (Lipinski definition) is 1. The SMILES string of the molecule is O[C@H]1CCCc2ccc(OCc3cc(Cl)ccc3Cl)cc21. The van der Waals surface area contributed by atoms with Gasteiger partial charge in [-0.05, 0) is 60.7 Å². The van der Waals surface area contributed by atoms with Gasteiger partial charge in [-0.25, -0.2) is 0 Å². The molecule has 0 unspecified atom stereocenters. The van der Waals surface area contributed by atoms with E-state index in [1.54, 1.807) is 18.2 Å². The maximum absolute atomic E-state index is 10.1. The summed E-state index contributed by atoms with van der Waals surface area (Å²) in [6.45, 7) is 0.355. The molecule has 4 heteroatoms. The summed E-state index contributed by atoms with van der Waals surface area (Å²) in [7, 11) is 0. The summed E-state index contributed by atoms with van der Waals surface area (Å²) >= 11 is 12.1. The molecule has 0 saturated carbocycles. The fraction of sp³-hybridized carbons (Fsp3) is 0.294. The number of ether oxygens (including phenoxy) is 1. The third kappa shape index (κ3) is 3.34. The zero-order chi connectivity index (χ0) is 14.8. The molecule has 21 heavy (non-hydrogen) atoms. The van der Waals surface area contributed by atoms with Crippen molar-refractivity contribution in [2.45, 2.75) is 32.0 Å². The number of rotatable bonds is 3. The molecule has 2 aromatic rings. The second-order valence-electron chi connectivity index (χ2n) is 5.29. The topological polar surface area (TPSA) is 29.5 Å². The molecule has 0 saturated heterocycles. The highest BCUT2D eigenvalue weighted by molar-refractivity contribution is 6.33. The summed E-state index contributed by atoms with van der Waals surface area (Å²) in [6.07, 6.45) is 2.49. The Labute approximate surface area is 134 Å². The first-order valence-corrected chi connectivity index (χ1v) is 7.76. The first-order chi connectivity index (χ1) is 10.1. The average molecular weight is 323 g/mol. The van der Waals surface area contributed by atoms with Crippen LogP contribution in [0.5, 0.6) is 5.75 Å². The van der Waals surface area contributed by atoms with Gasteiger partial charge in [-0.1, -0.05) is 29.3 Å². The molecule has 0 fully saturated rings. The molecule has 0 bridgehead atoms. The lowest BCUT2D eigenvalue weighted by atomic mass is 9.89. The first-order valence-electron chi connectivity index (χ1n) is 7.01. The van der Waals surface area contributed by atoms with Crippen molar-refractivity contribution in [2.24, 2.45) is 0 Å². The average Bonchev–Trinajstić information content (AvgIpc) is 2.49. The van der Waals surface area contributed by atoms with Gasteiger partial charge in [-0.3, -0.25) is 0 Å². The number of benzene rings is 2. The van der Waals surface area contributed by atoms with Crippen LogP contribution in [0.2, 0.25) is 10.0 Å². The fourth-order valence-corrected chi connectivity index (χ4v) is 3.02. The molecule has 3 rings (SSSR count). The van der Waals surface area contributed by atoms with Gasteiger partial charge < -0.3 is 9.84 Å². The highest BCUT2D eigenvalue weighted by atomic mass is 35.5. The molecule has 0 radical (unpaired) electrons. The summed E-state index contributed by atoms with van der Waals surface area (Å²) in [5, 5.41) is 11.3. The van der Waals surface area contributed by atoms with Gasteiger partial charge in [0.25, 0.3) is 0 Å². The number of aliphatic hydroxyl groups excluding tert-OH is 1. The molecular weight excluding hydrogens is 307 g/mol. The molecule has 0 amide bonds. The van der Waals surface area contributed by atoms with E-state index in [0.29, 0.717) is 16.7 Å². The Morgan fingerprint density at radius 2 is 2.00 bits per heavy atom. The minimum absolute atomic E-state index is 0.355. The summed E-state index contributed by atoms with van der Waals surface area (Å²) in [6, 6.07) is 11.2. The van der Waals surface area contributed by atoms with E-state index in [4.69, 9.17) is 27.9 Å². The third-order valence-corrected chi connectivity index (χ3v) is 4.41.